The Morgan fingerprint density at radius 2 is 1.95 bits per heavy atom. The van der Waals surface area contributed by atoms with E-state index in [0.717, 1.165) is 18.2 Å². The van der Waals surface area contributed by atoms with Crippen molar-refractivity contribution < 1.29 is 13.6 Å². The minimum atomic E-state index is -1.16. The number of ketones is 1. The standard InChI is InChI=1S/C15H8ClF2NO/c16-13-7-10(4-5-14(13)18)15(20)12(8-19)9-2-1-3-11(17)6-9/h1-7,12H. The number of hydrogen-bond acceptors (Lipinski definition) is 2. The highest BCUT2D eigenvalue weighted by atomic mass is 35.5. The first-order chi connectivity index (χ1) is 9.52. The maximum Gasteiger partial charge on any atom is 0.184 e. The number of carbonyl (C=O) groups is 1. The van der Waals surface area contributed by atoms with E-state index in [0.29, 0.717) is 0 Å². The zero-order chi connectivity index (χ0) is 14.7. The van der Waals surface area contributed by atoms with Gasteiger partial charge in [0.2, 0.25) is 0 Å². The Morgan fingerprint density at radius 3 is 2.55 bits per heavy atom. The number of Topliss-reactive ketones (excluding diaryl/α,β-unsaturated/α-hetero) is 1. The van der Waals surface area contributed by atoms with Gasteiger partial charge in [-0.1, -0.05) is 23.7 Å². The fraction of sp³-hybridized carbons (Fsp3) is 0.0667. The van der Waals surface area contributed by atoms with Crippen molar-refractivity contribution in [2.24, 2.45) is 0 Å². The molecule has 0 saturated carbocycles. The maximum absolute atomic E-state index is 13.2. The second-order valence-electron chi connectivity index (χ2n) is 4.11. The van der Waals surface area contributed by atoms with E-state index < -0.39 is 23.3 Å². The van der Waals surface area contributed by atoms with Crippen LogP contribution in [0.5, 0.6) is 0 Å². The lowest BCUT2D eigenvalue weighted by atomic mass is 9.92. The monoisotopic (exact) mass is 291 g/mol. The van der Waals surface area contributed by atoms with E-state index in [9.17, 15) is 13.6 Å². The largest absolute Gasteiger partial charge is 0.292 e. The Balaban J connectivity index is 2.39. The van der Waals surface area contributed by atoms with Crippen molar-refractivity contribution in [3.05, 3.63) is 70.2 Å². The highest BCUT2D eigenvalue weighted by Gasteiger charge is 2.22. The van der Waals surface area contributed by atoms with Gasteiger partial charge in [-0.25, -0.2) is 8.78 Å². The van der Waals surface area contributed by atoms with Gasteiger partial charge in [0.15, 0.2) is 5.78 Å². The van der Waals surface area contributed by atoms with Gasteiger partial charge >= 0.3 is 0 Å². The number of nitriles is 1. The molecule has 0 aliphatic carbocycles. The lowest BCUT2D eigenvalue weighted by molar-refractivity contribution is 0.0979. The summed E-state index contributed by atoms with van der Waals surface area (Å²) in [5.41, 5.74) is 0.352. The molecule has 5 heteroatoms. The molecule has 1 atom stereocenters. The molecule has 0 spiro atoms. The summed E-state index contributed by atoms with van der Waals surface area (Å²) >= 11 is 5.61. The van der Waals surface area contributed by atoms with Gasteiger partial charge in [0.1, 0.15) is 17.6 Å². The van der Waals surface area contributed by atoms with Crippen LogP contribution in [0, 0.1) is 23.0 Å². The fourth-order valence-electron chi connectivity index (χ4n) is 1.79. The molecule has 2 aromatic carbocycles. The fourth-order valence-corrected chi connectivity index (χ4v) is 1.97. The van der Waals surface area contributed by atoms with Gasteiger partial charge in [0.25, 0.3) is 0 Å². The molecule has 100 valence electrons. The van der Waals surface area contributed by atoms with Crippen LogP contribution in [0.4, 0.5) is 8.78 Å². The highest BCUT2D eigenvalue weighted by Crippen LogP contribution is 2.24. The first-order valence-electron chi connectivity index (χ1n) is 5.67. The van der Waals surface area contributed by atoms with Gasteiger partial charge in [-0.05, 0) is 35.9 Å². The number of halogens is 3. The number of carbonyl (C=O) groups excluding carboxylic acids is 1. The average Bonchev–Trinajstić information content (AvgIpc) is 2.42. The van der Waals surface area contributed by atoms with Crippen LogP contribution in [-0.4, -0.2) is 5.78 Å². The van der Waals surface area contributed by atoms with Gasteiger partial charge in [0.05, 0.1) is 11.1 Å². The van der Waals surface area contributed by atoms with Gasteiger partial charge in [0, 0.05) is 5.56 Å². The lowest BCUT2D eigenvalue weighted by Crippen LogP contribution is -2.11. The lowest BCUT2D eigenvalue weighted by Gasteiger charge is -2.09. The third-order valence-electron chi connectivity index (χ3n) is 2.78. The maximum atomic E-state index is 13.2. The first kappa shape index (κ1) is 14.2. The van der Waals surface area contributed by atoms with Crippen LogP contribution in [-0.2, 0) is 0 Å². The quantitative estimate of drug-likeness (QED) is 0.799. The molecule has 0 aromatic heterocycles. The molecule has 2 aromatic rings. The Morgan fingerprint density at radius 1 is 1.20 bits per heavy atom. The van der Waals surface area contributed by atoms with E-state index in [1.807, 2.05) is 6.07 Å². The summed E-state index contributed by atoms with van der Waals surface area (Å²) < 4.78 is 26.2. The second-order valence-corrected chi connectivity index (χ2v) is 4.52. The summed E-state index contributed by atoms with van der Waals surface area (Å²) in [5, 5.41) is 8.92. The zero-order valence-electron chi connectivity index (χ0n) is 10.1. The summed E-state index contributed by atoms with van der Waals surface area (Å²) in [6.45, 7) is 0. The van der Waals surface area contributed by atoms with E-state index in [1.165, 1.54) is 24.3 Å². The summed E-state index contributed by atoms with van der Waals surface area (Å²) in [4.78, 5) is 12.2. The molecule has 2 nitrogen and oxygen atoms in total. The van der Waals surface area contributed by atoms with Crippen molar-refractivity contribution in [3.63, 3.8) is 0 Å². The summed E-state index contributed by atoms with van der Waals surface area (Å²) in [6, 6.07) is 10.5. The Bertz CT molecular complexity index is 709. The normalized spacial score (nSPS) is 11.7. The van der Waals surface area contributed by atoms with Gasteiger partial charge in [-0.15, -0.1) is 0 Å². The predicted octanol–water partition coefficient (Wildman–Crippen LogP) is 4.11. The van der Waals surface area contributed by atoms with Crippen molar-refractivity contribution in [3.8, 4) is 6.07 Å². The molecule has 0 N–H and O–H groups in total. The molecule has 0 fully saturated rings. The molecule has 0 saturated heterocycles. The van der Waals surface area contributed by atoms with Gasteiger partial charge < -0.3 is 0 Å². The van der Waals surface area contributed by atoms with E-state index >= 15 is 0 Å². The van der Waals surface area contributed by atoms with Crippen molar-refractivity contribution >= 4 is 17.4 Å². The van der Waals surface area contributed by atoms with Crippen LogP contribution in [0.2, 0.25) is 5.02 Å². The Hall–Kier alpha value is -2.25. The SMILES string of the molecule is N#CC(C(=O)c1ccc(F)c(Cl)c1)c1cccc(F)c1. The Kier molecular flexibility index (Phi) is 4.11. The molecular weight excluding hydrogens is 284 g/mol. The first-order valence-corrected chi connectivity index (χ1v) is 6.05. The number of hydrogen-bond donors (Lipinski definition) is 0. The van der Waals surface area contributed by atoms with Gasteiger partial charge in [-0.3, -0.25) is 4.79 Å². The van der Waals surface area contributed by atoms with Crippen LogP contribution >= 0.6 is 11.6 Å². The number of benzene rings is 2. The Labute approximate surface area is 119 Å². The number of nitrogens with zero attached hydrogens (tertiary/aromatic N) is 1. The van der Waals surface area contributed by atoms with Crippen molar-refractivity contribution in [2.75, 3.05) is 0 Å². The molecule has 2 rings (SSSR count). The van der Waals surface area contributed by atoms with Crippen LogP contribution in [0.1, 0.15) is 21.8 Å². The number of rotatable bonds is 3. The zero-order valence-corrected chi connectivity index (χ0v) is 10.9. The molecule has 20 heavy (non-hydrogen) atoms. The molecule has 0 radical (unpaired) electrons. The van der Waals surface area contributed by atoms with Crippen LogP contribution in [0.3, 0.4) is 0 Å². The minimum absolute atomic E-state index is 0.104. The van der Waals surface area contributed by atoms with Crippen LogP contribution in [0.15, 0.2) is 42.5 Å². The molecule has 0 bridgehead atoms. The van der Waals surface area contributed by atoms with Crippen LogP contribution in [0.25, 0.3) is 0 Å². The second kappa shape index (κ2) is 5.81. The van der Waals surface area contributed by atoms with Gasteiger partial charge in [-0.2, -0.15) is 5.26 Å². The predicted molar refractivity (Wildman–Crippen MR) is 70.5 cm³/mol. The van der Waals surface area contributed by atoms with Crippen molar-refractivity contribution in [1.29, 1.82) is 5.26 Å². The summed E-state index contributed by atoms with van der Waals surface area (Å²) in [7, 11) is 0. The molecule has 1 unspecified atom stereocenters. The molecule has 0 aliphatic heterocycles. The third kappa shape index (κ3) is 2.84. The summed E-state index contributed by atoms with van der Waals surface area (Å²) in [5.74, 6) is -2.90. The summed E-state index contributed by atoms with van der Waals surface area (Å²) in [6.07, 6.45) is 0. The smallest absolute Gasteiger partial charge is 0.184 e. The topological polar surface area (TPSA) is 40.9 Å². The molecule has 0 amide bonds. The van der Waals surface area contributed by atoms with Crippen LogP contribution < -0.4 is 0 Å². The van der Waals surface area contributed by atoms with E-state index in [4.69, 9.17) is 16.9 Å². The van der Waals surface area contributed by atoms with Crippen molar-refractivity contribution in [2.45, 2.75) is 5.92 Å². The molecule has 0 heterocycles. The van der Waals surface area contributed by atoms with E-state index in [2.05, 4.69) is 0 Å². The van der Waals surface area contributed by atoms with E-state index in [1.54, 1.807) is 0 Å². The highest BCUT2D eigenvalue weighted by molar-refractivity contribution is 6.31. The third-order valence-corrected chi connectivity index (χ3v) is 3.07. The molecule has 0 aliphatic rings. The minimum Gasteiger partial charge on any atom is -0.292 e. The van der Waals surface area contributed by atoms with Crippen molar-refractivity contribution in [1.82, 2.24) is 0 Å². The van der Waals surface area contributed by atoms with E-state index in [-0.39, 0.29) is 16.1 Å². The molecular formula is C15H8ClF2NO. The average molecular weight is 292 g/mol.